The van der Waals surface area contributed by atoms with Gasteiger partial charge in [-0.2, -0.15) is 0 Å². The summed E-state index contributed by atoms with van der Waals surface area (Å²) in [6.45, 7) is 1.91. The van der Waals surface area contributed by atoms with Crippen molar-refractivity contribution in [2.45, 2.75) is 31.6 Å². The molecule has 0 amide bonds. The molecule has 160 valence electrons. The van der Waals surface area contributed by atoms with Gasteiger partial charge in [0.05, 0.1) is 11.8 Å². The lowest BCUT2D eigenvalue weighted by Crippen LogP contribution is -2.38. The maximum atomic E-state index is 10.8. The Balaban J connectivity index is 1.41. The summed E-state index contributed by atoms with van der Waals surface area (Å²) in [5.74, 6) is 0. The number of rotatable bonds is 9. The molecule has 1 aliphatic rings. The second kappa shape index (κ2) is 10.6. The van der Waals surface area contributed by atoms with Crippen molar-refractivity contribution in [3.05, 3.63) is 107 Å². The summed E-state index contributed by atoms with van der Waals surface area (Å²) in [6, 6.07) is 28.1. The van der Waals surface area contributed by atoms with Crippen LogP contribution in [0.15, 0.2) is 90.1 Å². The van der Waals surface area contributed by atoms with Crippen molar-refractivity contribution in [2.75, 3.05) is 13.1 Å². The van der Waals surface area contributed by atoms with Crippen LogP contribution in [0.4, 0.5) is 0 Å². The first-order chi connectivity index (χ1) is 15.2. The van der Waals surface area contributed by atoms with Gasteiger partial charge in [-0.15, -0.1) is 0 Å². The monoisotopic (exact) mass is 434 g/mol. The lowest BCUT2D eigenvalue weighted by Gasteiger charge is -2.27. The van der Waals surface area contributed by atoms with Crippen molar-refractivity contribution >= 4 is 17.3 Å². The molecule has 2 atom stereocenters. The topological polar surface area (TPSA) is 45.1 Å². The van der Waals surface area contributed by atoms with Gasteiger partial charge in [-0.25, -0.2) is 0 Å². The van der Waals surface area contributed by atoms with E-state index < -0.39 is 6.10 Å². The lowest BCUT2D eigenvalue weighted by molar-refractivity contribution is 0.0322. The Kier molecular flexibility index (Phi) is 7.36. The van der Waals surface area contributed by atoms with E-state index in [1.165, 1.54) is 0 Å². The van der Waals surface area contributed by atoms with E-state index in [1.54, 1.807) is 0 Å². The molecule has 3 aromatic rings. The number of nitrogens with zero attached hydrogens (tertiary/aromatic N) is 2. The molecule has 4 rings (SSSR count). The molecule has 0 aromatic heterocycles. The summed E-state index contributed by atoms with van der Waals surface area (Å²) in [5, 5.41) is 15.8. The molecule has 0 unspecified atom stereocenters. The van der Waals surface area contributed by atoms with Crippen molar-refractivity contribution < 1.29 is 9.94 Å². The van der Waals surface area contributed by atoms with Crippen molar-refractivity contribution in [3.63, 3.8) is 0 Å². The molecule has 1 heterocycles. The van der Waals surface area contributed by atoms with E-state index in [4.69, 9.17) is 16.4 Å². The third-order valence-corrected chi connectivity index (χ3v) is 5.62. The molecule has 0 fully saturated rings. The van der Waals surface area contributed by atoms with Gasteiger partial charge < -0.3 is 9.94 Å². The first kappa shape index (κ1) is 21.6. The van der Waals surface area contributed by atoms with Gasteiger partial charge in [-0.3, -0.25) is 4.90 Å². The summed E-state index contributed by atoms with van der Waals surface area (Å²) >= 11 is 6.19. The number of oxime groups is 1. The maximum Gasteiger partial charge on any atom is 0.145 e. The van der Waals surface area contributed by atoms with Gasteiger partial charge in [-0.1, -0.05) is 89.6 Å². The Labute approximate surface area is 188 Å². The first-order valence-corrected chi connectivity index (χ1v) is 11.0. The number of hydrogen-bond donors (Lipinski definition) is 1. The predicted molar refractivity (Wildman–Crippen MR) is 125 cm³/mol. The van der Waals surface area contributed by atoms with Crippen LogP contribution in [0.25, 0.3) is 0 Å². The first-order valence-electron chi connectivity index (χ1n) is 10.6. The Morgan fingerprint density at radius 3 is 2.42 bits per heavy atom. The van der Waals surface area contributed by atoms with Gasteiger partial charge >= 0.3 is 0 Å². The molecule has 0 bridgehead atoms. The van der Waals surface area contributed by atoms with Crippen LogP contribution in [0.3, 0.4) is 0 Å². The molecule has 0 spiro atoms. The van der Waals surface area contributed by atoms with Crippen LogP contribution in [0, 0.1) is 0 Å². The highest BCUT2D eigenvalue weighted by Crippen LogP contribution is 2.20. The Bertz CT molecular complexity index is 995. The van der Waals surface area contributed by atoms with Crippen LogP contribution < -0.4 is 0 Å². The van der Waals surface area contributed by atoms with Crippen molar-refractivity contribution in [2.24, 2.45) is 5.16 Å². The van der Waals surface area contributed by atoms with E-state index in [2.05, 4.69) is 28.3 Å². The zero-order valence-corrected chi connectivity index (χ0v) is 18.2. The number of aliphatic hydroxyl groups excluding tert-OH is 1. The Morgan fingerprint density at radius 1 is 0.968 bits per heavy atom. The van der Waals surface area contributed by atoms with Gasteiger partial charge in [0.25, 0.3) is 0 Å². The standard InChI is InChI=1S/C26H27ClN2O2/c27-23-13-7-10-21(14-23)17-29(18-24(30)15-20-8-3-1-4-9-20)19-25-16-26(28-31-25)22-11-5-2-6-12-22/h1-14,24-25,30H,15-19H2/t24-,25+/m0/s1. The number of aliphatic hydroxyl groups is 1. The maximum absolute atomic E-state index is 10.8. The normalized spacial score (nSPS) is 16.7. The highest BCUT2D eigenvalue weighted by atomic mass is 35.5. The van der Waals surface area contributed by atoms with Gasteiger partial charge in [0, 0.05) is 31.1 Å². The molecule has 0 radical (unpaired) electrons. The largest absolute Gasteiger partial charge is 0.391 e. The van der Waals surface area contributed by atoms with Crippen LogP contribution in [0.5, 0.6) is 0 Å². The van der Waals surface area contributed by atoms with Gasteiger partial charge in [0.2, 0.25) is 0 Å². The van der Waals surface area contributed by atoms with Gasteiger partial charge in [0.1, 0.15) is 6.10 Å². The smallest absolute Gasteiger partial charge is 0.145 e. The van der Waals surface area contributed by atoms with E-state index in [-0.39, 0.29) is 6.10 Å². The summed E-state index contributed by atoms with van der Waals surface area (Å²) in [7, 11) is 0. The zero-order valence-electron chi connectivity index (χ0n) is 17.4. The molecule has 3 aromatic carbocycles. The quantitative estimate of drug-likeness (QED) is 0.519. The predicted octanol–water partition coefficient (Wildman–Crippen LogP) is 4.94. The fraction of sp³-hybridized carbons (Fsp3) is 0.269. The van der Waals surface area contributed by atoms with Crippen molar-refractivity contribution in [1.82, 2.24) is 4.90 Å². The van der Waals surface area contributed by atoms with Crippen LogP contribution in [0.2, 0.25) is 5.02 Å². The van der Waals surface area contributed by atoms with Gasteiger partial charge in [0.15, 0.2) is 0 Å². The van der Waals surface area contributed by atoms with E-state index in [1.807, 2.05) is 66.7 Å². The highest BCUT2D eigenvalue weighted by Gasteiger charge is 2.25. The van der Waals surface area contributed by atoms with Crippen molar-refractivity contribution in [1.29, 1.82) is 0 Å². The second-order valence-corrected chi connectivity index (χ2v) is 8.44. The molecule has 31 heavy (non-hydrogen) atoms. The molecular weight excluding hydrogens is 408 g/mol. The zero-order chi connectivity index (χ0) is 21.5. The Morgan fingerprint density at radius 2 is 1.68 bits per heavy atom. The third kappa shape index (κ3) is 6.41. The average molecular weight is 435 g/mol. The van der Waals surface area contributed by atoms with E-state index in [9.17, 15) is 5.11 Å². The number of hydrogen-bond acceptors (Lipinski definition) is 4. The second-order valence-electron chi connectivity index (χ2n) is 8.00. The minimum atomic E-state index is -0.475. The van der Waals surface area contributed by atoms with Crippen molar-refractivity contribution in [3.8, 4) is 0 Å². The lowest BCUT2D eigenvalue weighted by atomic mass is 10.0. The summed E-state index contributed by atoms with van der Waals surface area (Å²) in [5.41, 5.74) is 4.31. The van der Waals surface area contributed by atoms with Crippen LogP contribution in [-0.2, 0) is 17.8 Å². The van der Waals surface area contributed by atoms with Crippen LogP contribution in [0.1, 0.15) is 23.1 Å². The minimum Gasteiger partial charge on any atom is -0.391 e. The highest BCUT2D eigenvalue weighted by molar-refractivity contribution is 6.30. The molecule has 0 saturated heterocycles. The summed E-state index contributed by atoms with van der Waals surface area (Å²) < 4.78 is 0. The number of benzene rings is 3. The molecule has 5 heteroatoms. The molecular formula is C26H27ClN2O2. The van der Waals surface area contributed by atoms with E-state index in [0.29, 0.717) is 31.1 Å². The fourth-order valence-corrected chi connectivity index (χ4v) is 4.17. The molecule has 0 aliphatic carbocycles. The fourth-order valence-electron chi connectivity index (χ4n) is 3.96. The van der Waals surface area contributed by atoms with Crippen LogP contribution >= 0.6 is 11.6 Å². The van der Waals surface area contributed by atoms with Crippen LogP contribution in [-0.4, -0.2) is 41.0 Å². The average Bonchev–Trinajstić information content (AvgIpc) is 3.23. The molecule has 1 aliphatic heterocycles. The molecule has 0 saturated carbocycles. The SMILES string of the molecule is O[C@@H](Cc1ccccc1)CN(Cc1cccc(Cl)c1)C[C@H]1CC(c2ccccc2)=NO1. The Hall–Kier alpha value is -2.66. The minimum absolute atomic E-state index is 0.0432. The summed E-state index contributed by atoms with van der Waals surface area (Å²) in [4.78, 5) is 7.98. The van der Waals surface area contributed by atoms with E-state index in [0.717, 1.165) is 28.8 Å². The van der Waals surface area contributed by atoms with Gasteiger partial charge in [-0.05, 0) is 35.2 Å². The number of halogens is 1. The third-order valence-electron chi connectivity index (χ3n) is 5.38. The van der Waals surface area contributed by atoms with E-state index >= 15 is 0 Å². The molecule has 1 N–H and O–H groups in total. The summed E-state index contributed by atoms with van der Waals surface area (Å²) in [6.07, 6.45) is 0.852. The molecule has 4 nitrogen and oxygen atoms in total.